The number of amides is 2. The van der Waals surface area contributed by atoms with E-state index in [1.54, 1.807) is 61.5 Å². The molecule has 8 nitrogen and oxygen atoms in total. The topological polar surface area (TPSA) is 96.0 Å². The highest BCUT2D eigenvalue weighted by molar-refractivity contribution is 7.92. The fraction of sp³-hybridized carbons (Fsp3) is 0.355. The van der Waals surface area contributed by atoms with Gasteiger partial charge in [-0.2, -0.15) is 0 Å². The molecule has 3 aromatic rings. The first kappa shape index (κ1) is 31.6. The smallest absolute Gasteiger partial charge is 0.264 e. The quantitative estimate of drug-likeness (QED) is 0.284. The normalized spacial score (nSPS) is 12.7. The van der Waals surface area contributed by atoms with E-state index >= 15 is 0 Å². The zero-order valence-electron chi connectivity index (χ0n) is 23.9. The summed E-state index contributed by atoms with van der Waals surface area (Å²) >= 11 is 0. The van der Waals surface area contributed by atoms with Gasteiger partial charge in [0.15, 0.2) is 0 Å². The summed E-state index contributed by atoms with van der Waals surface area (Å²) in [7, 11) is -4.19. The van der Waals surface area contributed by atoms with Crippen molar-refractivity contribution in [2.24, 2.45) is 0 Å². The van der Waals surface area contributed by atoms with E-state index in [1.807, 2.05) is 20.8 Å². The molecule has 0 spiro atoms. The number of nitrogens with one attached hydrogen (secondary N) is 1. The molecule has 0 saturated heterocycles. The van der Waals surface area contributed by atoms with E-state index < -0.39 is 34.3 Å². The van der Waals surface area contributed by atoms with Gasteiger partial charge in [-0.25, -0.2) is 12.8 Å². The highest BCUT2D eigenvalue weighted by Gasteiger charge is 2.34. The minimum Gasteiger partial charge on any atom is -0.494 e. The van der Waals surface area contributed by atoms with Gasteiger partial charge >= 0.3 is 0 Å². The van der Waals surface area contributed by atoms with Crippen molar-refractivity contribution >= 4 is 27.5 Å². The molecule has 0 unspecified atom stereocenters. The Morgan fingerprint density at radius 1 is 0.902 bits per heavy atom. The Labute approximate surface area is 242 Å². The van der Waals surface area contributed by atoms with Crippen LogP contribution in [0.2, 0.25) is 0 Å². The van der Waals surface area contributed by atoms with Crippen LogP contribution in [0.4, 0.5) is 10.1 Å². The number of sulfonamides is 1. The van der Waals surface area contributed by atoms with Crippen LogP contribution < -0.4 is 14.4 Å². The summed E-state index contributed by atoms with van der Waals surface area (Å²) in [6.07, 6.45) is 1.00. The van der Waals surface area contributed by atoms with Crippen molar-refractivity contribution in [3.63, 3.8) is 0 Å². The van der Waals surface area contributed by atoms with Crippen LogP contribution in [0.25, 0.3) is 0 Å². The fourth-order valence-corrected chi connectivity index (χ4v) is 5.69. The van der Waals surface area contributed by atoms with E-state index in [1.165, 1.54) is 29.2 Å². The molecule has 0 aliphatic carbocycles. The van der Waals surface area contributed by atoms with Gasteiger partial charge in [0.1, 0.15) is 24.2 Å². The molecule has 1 N–H and O–H groups in total. The summed E-state index contributed by atoms with van der Waals surface area (Å²) in [6.45, 7) is 7.32. The molecule has 0 saturated carbocycles. The molecule has 0 radical (unpaired) electrons. The zero-order valence-corrected chi connectivity index (χ0v) is 24.7. The van der Waals surface area contributed by atoms with Gasteiger partial charge in [-0.15, -0.1) is 0 Å². The standard InChI is InChI=1S/C31H38FN3O5S/c1-5-23(4)33-31(37)29(6-2)34(21-24-13-15-25(32)16-14-24)30(36)22-35(26-11-9-8-10-12-26)41(38,39)28-19-17-27(18-20-28)40-7-3/h8-20,23,29H,5-7,21-22H2,1-4H3,(H,33,37)/t23-,29+/m0/s1. The maximum Gasteiger partial charge on any atom is 0.264 e. The molecule has 10 heteroatoms. The summed E-state index contributed by atoms with van der Waals surface area (Å²) in [5, 5.41) is 2.93. The number of halogens is 1. The van der Waals surface area contributed by atoms with Gasteiger partial charge in [-0.1, -0.05) is 44.2 Å². The summed E-state index contributed by atoms with van der Waals surface area (Å²) in [5.74, 6) is -0.806. The second-order valence-corrected chi connectivity index (χ2v) is 11.5. The van der Waals surface area contributed by atoms with Crippen LogP contribution in [0.15, 0.2) is 83.8 Å². The number of rotatable bonds is 14. The lowest BCUT2D eigenvalue weighted by molar-refractivity contribution is -0.140. The predicted molar refractivity (Wildman–Crippen MR) is 158 cm³/mol. The summed E-state index contributed by atoms with van der Waals surface area (Å²) in [4.78, 5) is 28.7. The van der Waals surface area contributed by atoms with E-state index in [0.717, 1.165) is 4.31 Å². The van der Waals surface area contributed by atoms with Gasteiger partial charge in [-0.05, 0) is 80.8 Å². The number of carbonyl (C=O) groups is 2. The predicted octanol–water partition coefficient (Wildman–Crippen LogP) is 5.14. The number of anilines is 1. The van der Waals surface area contributed by atoms with Gasteiger partial charge in [-0.3, -0.25) is 13.9 Å². The van der Waals surface area contributed by atoms with Crippen molar-refractivity contribution < 1.29 is 27.1 Å². The first-order valence-corrected chi connectivity index (χ1v) is 15.2. The molecule has 0 aliphatic heterocycles. The molecule has 2 atom stereocenters. The lowest BCUT2D eigenvalue weighted by atomic mass is 10.1. The molecule has 0 fully saturated rings. The van der Waals surface area contributed by atoms with Gasteiger partial charge in [0.25, 0.3) is 10.0 Å². The second kappa shape index (κ2) is 14.6. The van der Waals surface area contributed by atoms with Crippen LogP contribution in [0.3, 0.4) is 0 Å². The average molecular weight is 584 g/mol. The first-order valence-electron chi connectivity index (χ1n) is 13.8. The van der Waals surface area contributed by atoms with Crippen LogP contribution in [0.5, 0.6) is 5.75 Å². The number of nitrogens with zero attached hydrogens (tertiary/aromatic N) is 2. The molecule has 41 heavy (non-hydrogen) atoms. The Balaban J connectivity index is 2.02. The van der Waals surface area contributed by atoms with E-state index in [2.05, 4.69) is 5.32 Å². The molecule has 0 bridgehead atoms. The largest absolute Gasteiger partial charge is 0.494 e. The molecule has 0 aliphatic rings. The molecule has 220 valence electrons. The van der Waals surface area contributed by atoms with E-state index in [9.17, 15) is 22.4 Å². The Hall–Kier alpha value is -3.92. The molecule has 3 aromatic carbocycles. The SMILES string of the molecule is CCOc1ccc(S(=O)(=O)N(CC(=O)N(Cc2ccc(F)cc2)[C@H](CC)C(=O)N[C@@H](C)CC)c2ccccc2)cc1. The van der Waals surface area contributed by atoms with Crippen LogP contribution >= 0.6 is 0 Å². The number of carbonyl (C=O) groups excluding carboxylic acids is 2. The number of hydrogen-bond acceptors (Lipinski definition) is 5. The van der Waals surface area contributed by atoms with Crippen LogP contribution in [-0.4, -0.2) is 50.4 Å². The Morgan fingerprint density at radius 3 is 2.10 bits per heavy atom. The molecule has 0 heterocycles. The maximum absolute atomic E-state index is 14.0. The Morgan fingerprint density at radius 2 is 1.54 bits per heavy atom. The number of benzene rings is 3. The molecule has 2 amide bonds. The van der Waals surface area contributed by atoms with Gasteiger partial charge in [0, 0.05) is 12.6 Å². The van der Waals surface area contributed by atoms with Crippen molar-refractivity contribution in [3.8, 4) is 5.75 Å². The van der Waals surface area contributed by atoms with Crippen LogP contribution in [-0.2, 0) is 26.2 Å². The highest BCUT2D eigenvalue weighted by atomic mass is 32.2. The minimum atomic E-state index is -4.19. The first-order chi connectivity index (χ1) is 19.6. The van der Waals surface area contributed by atoms with E-state index in [-0.39, 0.29) is 23.4 Å². The monoisotopic (exact) mass is 583 g/mol. The Bertz CT molecular complexity index is 1380. The fourth-order valence-electron chi connectivity index (χ4n) is 4.27. The summed E-state index contributed by atoms with van der Waals surface area (Å²) in [5.41, 5.74) is 0.906. The summed E-state index contributed by atoms with van der Waals surface area (Å²) < 4.78 is 47.9. The second-order valence-electron chi connectivity index (χ2n) is 9.64. The van der Waals surface area contributed by atoms with Crippen LogP contribution in [0.1, 0.15) is 46.1 Å². The van der Waals surface area contributed by atoms with Crippen LogP contribution in [0, 0.1) is 5.82 Å². The number of para-hydroxylation sites is 1. The van der Waals surface area contributed by atoms with Gasteiger partial charge in [0.2, 0.25) is 11.8 Å². The lowest BCUT2D eigenvalue weighted by Crippen LogP contribution is -2.53. The van der Waals surface area contributed by atoms with Crippen molar-refractivity contribution in [2.45, 2.75) is 64.1 Å². The average Bonchev–Trinajstić information content (AvgIpc) is 2.97. The molecular weight excluding hydrogens is 545 g/mol. The maximum atomic E-state index is 14.0. The third kappa shape index (κ3) is 8.29. The molecule has 3 rings (SSSR count). The van der Waals surface area contributed by atoms with E-state index in [4.69, 9.17) is 4.74 Å². The lowest BCUT2D eigenvalue weighted by Gasteiger charge is -2.33. The van der Waals surface area contributed by atoms with Crippen molar-refractivity contribution in [1.82, 2.24) is 10.2 Å². The molecule has 0 aromatic heterocycles. The number of ether oxygens (including phenoxy) is 1. The van der Waals surface area contributed by atoms with Crippen molar-refractivity contribution in [3.05, 3.63) is 90.2 Å². The van der Waals surface area contributed by atoms with Gasteiger partial charge < -0.3 is 15.0 Å². The zero-order chi connectivity index (χ0) is 30.0. The van der Waals surface area contributed by atoms with Crippen molar-refractivity contribution in [2.75, 3.05) is 17.5 Å². The molecular formula is C31H38FN3O5S. The van der Waals surface area contributed by atoms with Gasteiger partial charge in [0.05, 0.1) is 17.2 Å². The Kier molecular flexibility index (Phi) is 11.3. The number of hydrogen-bond donors (Lipinski definition) is 1. The van der Waals surface area contributed by atoms with Crippen molar-refractivity contribution in [1.29, 1.82) is 0 Å². The minimum absolute atomic E-state index is 0.00270. The highest BCUT2D eigenvalue weighted by Crippen LogP contribution is 2.26. The third-order valence-corrected chi connectivity index (χ3v) is 8.49. The third-order valence-electron chi connectivity index (χ3n) is 6.70. The summed E-state index contributed by atoms with van der Waals surface area (Å²) in [6, 6.07) is 19.0. The van der Waals surface area contributed by atoms with E-state index in [0.29, 0.717) is 36.4 Å².